The van der Waals surface area contributed by atoms with E-state index in [0.717, 1.165) is 24.2 Å². The van der Waals surface area contributed by atoms with Crippen LogP contribution in [0.5, 0.6) is 0 Å². The zero-order valence-electron chi connectivity index (χ0n) is 12.0. The summed E-state index contributed by atoms with van der Waals surface area (Å²) >= 11 is 0.973. The van der Waals surface area contributed by atoms with Crippen LogP contribution >= 0.6 is 11.3 Å². The number of sulfonamides is 1. The van der Waals surface area contributed by atoms with Gasteiger partial charge < -0.3 is 9.84 Å². The third-order valence-electron chi connectivity index (χ3n) is 3.69. The molecule has 2 heterocycles. The first-order valence-electron chi connectivity index (χ1n) is 6.75. The summed E-state index contributed by atoms with van der Waals surface area (Å²) in [5.74, 6) is -0.867. The first-order valence-corrected chi connectivity index (χ1v) is 9.05. The molecule has 0 bridgehead atoms. The fourth-order valence-corrected chi connectivity index (χ4v) is 5.20. The van der Waals surface area contributed by atoms with Crippen LogP contribution in [0.1, 0.15) is 34.3 Å². The van der Waals surface area contributed by atoms with E-state index in [1.54, 1.807) is 6.92 Å². The van der Waals surface area contributed by atoms with Crippen LogP contribution in [0.25, 0.3) is 0 Å². The third-order valence-corrected chi connectivity index (χ3v) is 6.54. The molecule has 2 N–H and O–H groups in total. The lowest BCUT2D eigenvalue weighted by molar-refractivity contribution is 0.0585. The van der Waals surface area contributed by atoms with Crippen molar-refractivity contribution < 1.29 is 23.1 Å². The summed E-state index contributed by atoms with van der Waals surface area (Å²) in [6.45, 7) is 4.76. The van der Waals surface area contributed by atoms with E-state index in [9.17, 15) is 13.2 Å². The Morgan fingerprint density at radius 3 is 2.62 bits per heavy atom. The lowest BCUT2D eigenvalue weighted by Crippen LogP contribution is -2.40. The fraction of sp³-hybridized carbons (Fsp3) is 0.615. The van der Waals surface area contributed by atoms with Crippen LogP contribution in [-0.2, 0) is 14.8 Å². The van der Waals surface area contributed by atoms with Crippen LogP contribution in [0, 0.1) is 12.8 Å². The second-order valence-electron chi connectivity index (χ2n) is 5.20. The van der Waals surface area contributed by atoms with Crippen LogP contribution in [0.2, 0.25) is 0 Å². The Kier molecular flexibility index (Phi) is 5.03. The summed E-state index contributed by atoms with van der Waals surface area (Å²) in [5.41, 5.74) is 0. The Morgan fingerprint density at radius 1 is 1.48 bits per heavy atom. The van der Waals surface area contributed by atoms with E-state index >= 15 is 0 Å². The van der Waals surface area contributed by atoms with Crippen LogP contribution in [0.3, 0.4) is 0 Å². The van der Waals surface area contributed by atoms with Gasteiger partial charge in [-0.05, 0) is 38.7 Å². The van der Waals surface area contributed by atoms with Crippen LogP contribution in [0.4, 0.5) is 0 Å². The Bertz CT molecular complexity index is 617. The maximum atomic E-state index is 12.4. The van der Waals surface area contributed by atoms with Crippen molar-refractivity contribution in [1.82, 2.24) is 4.72 Å². The minimum atomic E-state index is -3.70. The molecule has 1 unspecified atom stereocenters. The molecule has 0 amide bonds. The molecule has 1 fully saturated rings. The van der Waals surface area contributed by atoms with E-state index in [1.807, 2.05) is 6.92 Å². The highest BCUT2D eigenvalue weighted by Crippen LogP contribution is 2.27. The van der Waals surface area contributed by atoms with Crippen LogP contribution in [-0.4, -0.2) is 38.7 Å². The molecule has 2 rings (SSSR count). The van der Waals surface area contributed by atoms with Gasteiger partial charge in [0.15, 0.2) is 0 Å². The molecule has 1 aliphatic heterocycles. The maximum absolute atomic E-state index is 12.4. The maximum Gasteiger partial charge on any atom is 0.345 e. The number of thiophene rings is 1. The number of aromatic carboxylic acids is 1. The van der Waals surface area contributed by atoms with Gasteiger partial charge in [0, 0.05) is 24.1 Å². The first kappa shape index (κ1) is 16.4. The van der Waals surface area contributed by atoms with E-state index in [1.165, 1.54) is 6.07 Å². The van der Waals surface area contributed by atoms with E-state index < -0.39 is 16.0 Å². The Morgan fingerprint density at radius 2 is 2.10 bits per heavy atom. The molecule has 1 aromatic heterocycles. The van der Waals surface area contributed by atoms with Crippen molar-refractivity contribution in [3.8, 4) is 0 Å². The second-order valence-corrected chi connectivity index (χ2v) is 8.13. The number of hydrogen-bond donors (Lipinski definition) is 2. The quantitative estimate of drug-likeness (QED) is 0.858. The highest BCUT2D eigenvalue weighted by atomic mass is 32.2. The van der Waals surface area contributed by atoms with Gasteiger partial charge in [-0.2, -0.15) is 0 Å². The van der Waals surface area contributed by atoms with Gasteiger partial charge in [-0.15, -0.1) is 11.3 Å². The van der Waals surface area contributed by atoms with Gasteiger partial charge in [-0.3, -0.25) is 0 Å². The number of carboxylic acids is 1. The molecule has 21 heavy (non-hydrogen) atoms. The van der Waals surface area contributed by atoms with Gasteiger partial charge >= 0.3 is 5.97 Å². The number of carbonyl (C=O) groups is 1. The summed E-state index contributed by atoms with van der Waals surface area (Å²) in [5, 5.41) is 8.96. The fourth-order valence-electron chi connectivity index (χ4n) is 2.46. The van der Waals surface area contributed by atoms with Gasteiger partial charge in [0.05, 0.1) is 4.90 Å². The predicted molar refractivity (Wildman–Crippen MR) is 79.3 cm³/mol. The largest absolute Gasteiger partial charge is 0.477 e. The number of carboxylic acid groups (broad SMARTS) is 1. The molecule has 8 heteroatoms. The molecule has 0 radical (unpaired) electrons. The zero-order chi connectivity index (χ0) is 15.6. The Labute approximate surface area is 128 Å². The molecule has 0 saturated carbocycles. The highest BCUT2D eigenvalue weighted by Gasteiger charge is 2.28. The predicted octanol–water partition coefficient (Wildman–Crippen LogP) is 1.85. The minimum Gasteiger partial charge on any atom is -0.477 e. The topological polar surface area (TPSA) is 92.7 Å². The molecular formula is C13H19NO5S2. The van der Waals surface area contributed by atoms with Crippen LogP contribution in [0.15, 0.2) is 11.0 Å². The van der Waals surface area contributed by atoms with E-state index in [2.05, 4.69) is 4.72 Å². The van der Waals surface area contributed by atoms with E-state index in [-0.39, 0.29) is 21.7 Å². The van der Waals surface area contributed by atoms with E-state index in [4.69, 9.17) is 9.84 Å². The summed E-state index contributed by atoms with van der Waals surface area (Å²) in [6, 6.07) is 1.02. The smallest absolute Gasteiger partial charge is 0.345 e. The molecule has 1 saturated heterocycles. The van der Waals surface area contributed by atoms with Gasteiger partial charge in [0.2, 0.25) is 10.0 Å². The first-order chi connectivity index (χ1) is 9.81. The number of rotatable bonds is 5. The average molecular weight is 333 g/mol. The number of hydrogen-bond acceptors (Lipinski definition) is 5. The summed E-state index contributed by atoms with van der Waals surface area (Å²) in [6.07, 6.45) is 1.65. The molecule has 118 valence electrons. The molecule has 0 aliphatic carbocycles. The summed E-state index contributed by atoms with van der Waals surface area (Å²) < 4.78 is 32.8. The lowest BCUT2D eigenvalue weighted by atomic mass is 9.94. The SMILES string of the molecule is Cc1sc(C(=O)O)cc1S(=O)(=O)NC(C)C1CCOCC1. The normalized spacial score (nSPS) is 18.6. The van der Waals surface area contributed by atoms with Gasteiger partial charge in [0.25, 0.3) is 0 Å². The number of ether oxygens (including phenoxy) is 1. The molecule has 0 spiro atoms. The van der Waals surface area contributed by atoms with Gasteiger partial charge in [0.1, 0.15) is 4.88 Å². The van der Waals surface area contributed by atoms with Crippen molar-refractivity contribution in [2.45, 2.75) is 37.6 Å². The Balaban J connectivity index is 2.16. The van der Waals surface area contributed by atoms with Crippen molar-refractivity contribution in [1.29, 1.82) is 0 Å². The lowest BCUT2D eigenvalue weighted by Gasteiger charge is -2.28. The highest BCUT2D eigenvalue weighted by molar-refractivity contribution is 7.89. The van der Waals surface area contributed by atoms with Crippen molar-refractivity contribution in [2.24, 2.45) is 5.92 Å². The Hall–Kier alpha value is -0.960. The molecule has 1 atom stereocenters. The summed E-state index contributed by atoms with van der Waals surface area (Å²) in [4.78, 5) is 11.5. The van der Waals surface area contributed by atoms with Gasteiger partial charge in [-0.1, -0.05) is 0 Å². The third kappa shape index (κ3) is 3.82. The molecule has 1 aromatic rings. The minimum absolute atomic E-state index is 0.0339. The number of nitrogens with one attached hydrogen (secondary N) is 1. The van der Waals surface area contributed by atoms with E-state index in [0.29, 0.717) is 18.1 Å². The molecular weight excluding hydrogens is 314 g/mol. The zero-order valence-corrected chi connectivity index (χ0v) is 13.6. The second kappa shape index (κ2) is 6.43. The number of aryl methyl sites for hydroxylation is 1. The molecule has 1 aliphatic rings. The standard InChI is InChI=1S/C13H19NO5S2/c1-8(10-3-5-19-6-4-10)14-21(17,18)12-7-11(13(15)16)20-9(12)2/h7-8,10,14H,3-6H2,1-2H3,(H,15,16). The van der Waals surface area contributed by atoms with Crippen molar-refractivity contribution in [2.75, 3.05) is 13.2 Å². The molecule has 6 nitrogen and oxygen atoms in total. The molecule has 0 aromatic carbocycles. The van der Waals surface area contributed by atoms with Crippen LogP contribution < -0.4 is 4.72 Å². The average Bonchev–Trinajstić information content (AvgIpc) is 2.82. The van der Waals surface area contributed by atoms with Crippen molar-refractivity contribution >= 4 is 27.3 Å². The van der Waals surface area contributed by atoms with Crippen molar-refractivity contribution in [3.63, 3.8) is 0 Å². The summed E-state index contributed by atoms with van der Waals surface area (Å²) in [7, 11) is -3.70. The van der Waals surface area contributed by atoms with Gasteiger partial charge in [-0.25, -0.2) is 17.9 Å². The van der Waals surface area contributed by atoms with Crippen molar-refractivity contribution in [3.05, 3.63) is 15.8 Å². The monoisotopic (exact) mass is 333 g/mol.